The number of amides is 2. The van der Waals surface area contributed by atoms with E-state index in [4.69, 9.17) is 5.73 Å². The number of urea groups is 1. The maximum atomic E-state index is 11.7. The van der Waals surface area contributed by atoms with Crippen LogP contribution in [0.3, 0.4) is 0 Å². The van der Waals surface area contributed by atoms with E-state index in [1.165, 1.54) is 0 Å². The summed E-state index contributed by atoms with van der Waals surface area (Å²) in [6.07, 6.45) is 4.34. The molecule has 0 spiro atoms. The first-order valence-electron chi connectivity index (χ1n) is 5.34. The Balaban J connectivity index is 2.46. The van der Waals surface area contributed by atoms with Gasteiger partial charge >= 0.3 is 6.03 Å². The lowest BCUT2D eigenvalue weighted by Crippen LogP contribution is -2.42. The molecule has 1 aliphatic rings. The number of hydrogen-bond donors (Lipinski definition) is 1. The Morgan fingerprint density at radius 3 is 2.86 bits per heavy atom. The Morgan fingerprint density at radius 2 is 2.29 bits per heavy atom. The van der Waals surface area contributed by atoms with E-state index in [0.29, 0.717) is 6.04 Å². The van der Waals surface area contributed by atoms with Crippen molar-refractivity contribution >= 4 is 6.03 Å². The number of likely N-dealkylation sites (tertiary alicyclic amines) is 1. The summed E-state index contributed by atoms with van der Waals surface area (Å²) < 4.78 is 0. The van der Waals surface area contributed by atoms with Crippen LogP contribution >= 0.6 is 0 Å². The lowest BCUT2D eigenvalue weighted by Gasteiger charge is -2.27. The van der Waals surface area contributed by atoms with Crippen molar-refractivity contribution < 1.29 is 4.79 Å². The molecule has 82 valence electrons. The molecular weight excluding hydrogens is 178 g/mol. The summed E-state index contributed by atoms with van der Waals surface area (Å²) >= 11 is 0. The van der Waals surface area contributed by atoms with Gasteiger partial charge in [-0.1, -0.05) is 0 Å². The van der Waals surface area contributed by atoms with Crippen molar-refractivity contribution in [3.05, 3.63) is 0 Å². The van der Waals surface area contributed by atoms with Gasteiger partial charge in [-0.25, -0.2) is 4.79 Å². The van der Waals surface area contributed by atoms with Crippen molar-refractivity contribution in [2.24, 2.45) is 5.73 Å². The molecule has 2 amide bonds. The Hall–Kier alpha value is -0.770. The summed E-state index contributed by atoms with van der Waals surface area (Å²) in [5.74, 6) is 0. The summed E-state index contributed by atoms with van der Waals surface area (Å²) in [6, 6.07) is 0.568. The van der Waals surface area contributed by atoms with Crippen LogP contribution in [0.5, 0.6) is 0 Å². The van der Waals surface area contributed by atoms with Gasteiger partial charge in [0.05, 0.1) is 0 Å². The van der Waals surface area contributed by atoms with Gasteiger partial charge in [-0.15, -0.1) is 0 Å². The van der Waals surface area contributed by atoms with E-state index in [1.54, 1.807) is 19.0 Å². The molecule has 14 heavy (non-hydrogen) atoms. The minimum absolute atomic E-state index is 0.143. The first-order chi connectivity index (χ1) is 6.66. The smallest absolute Gasteiger partial charge is 0.319 e. The average Bonchev–Trinajstić information content (AvgIpc) is 2.61. The van der Waals surface area contributed by atoms with Crippen molar-refractivity contribution in [2.45, 2.75) is 31.7 Å². The first kappa shape index (κ1) is 11.3. The Morgan fingerprint density at radius 1 is 1.57 bits per heavy atom. The molecule has 0 saturated carbocycles. The molecule has 1 heterocycles. The molecule has 1 fully saturated rings. The van der Waals surface area contributed by atoms with Gasteiger partial charge in [-0.3, -0.25) is 0 Å². The number of carbonyl (C=O) groups is 1. The summed E-state index contributed by atoms with van der Waals surface area (Å²) in [6.45, 7) is 1.63. The fourth-order valence-corrected chi connectivity index (χ4v) is 2.00. The molecule has 1 rings (SSSR count). The van der Waals surface area contributed by atoms with Crippen LogP contribution in [0.15, 0.2) is 0 Å². The Kier molecular flexibility index (Phi) is 4.20. The maximum Gasteiger partial charge on any atom is 0.319 e. The second-order valence-corrected chi connectivity index (χ2v) is 4.10. The van der Waals surface area contributed by atoms with Crippen LogP contribution in [-0.2, 0) is 0 Å². The van der Waals surface area contributed by atoms with Crippen LogP contribution in [-0.4, -0.2) is 49.1 Å². The van der Waals surface area contributed by atoms with Gasteiger partial charge in [0.25, 0.3) is 0 Å². The molecule has 0 bridgehead atoms. The highest BCUT2D eigenvalue weighted by molar-refractivity contribution is 5.74. The van der Waals surface area contributed by atoms with Crippen LogP contribution in [0.4, 0.5) is 4.79 Å². The van der Waals surface area contributed by atoms with E-state index < -0.39 is 0 Å². The lowest BCUT2D eigenvalue weighted by atomic mass is 10.1. The second kappa shape index (κ2) is 5.20. The SMILES string of the molecule is CN(C)C(=O)N1CCCC1CCCN. The summed E-state index contributed by atoms with van der Waals surface area (Å²) in [7, 11) is 3.61. The van der Waals surface area contributed by atoms with Gasteiger partial charge in [-0.2, -0.15) is 0 Å². The zero-order valence-electron chi connectivity index (χ0n) is 9.20. The van der Waals surface area contributed by atoms with E-state index in [9.17, 15) is 4.79 Å². The minimum atomic E-state index is 0.143. The van der Waals surface area contributed by atoms with Gasteiger partial charge in [0, 0.05) is 26.7 Å². The number of nitrogens with two attached hydrogens (primary N) is 1. The third kappa shape index (κ3) is 2.61. The average molecular weight is 199 g/mol. The number of carbonyl (C=O) groups excluding carboxylic acids is 1. The van der Waals surface area contributed by atoms with Crippen molar-refractivity contribution in [2.75, 3.05) is 27.2 Å². The van der Waals surface area contributed by atoms with Crippen LogP contribution in [0.2, 0.25) is 0 Å². The van der Waals surface area contributed by atoms with Crippen molar-refractivity contribution in [1.29, 1.82) is 0 Å². The molecule has 0 radical (unpaired) electrons. The Labute approximate surface area is 86.0 Å². The Bertz CT molecular complexity index is 194. The van der Waals surface area contributed by atoms with E-state index in [2.05, 4.69) is 0 Å². The predicted molar refractivity (Wildman–Crippen MR) is 57.1 cm³/mol. The molecule has 2 N–H and O–H groups in total. The molecule has 4 heteroatoms. The highest BCUT2D eigenvalue weighted by Crippen LogP contribution is 2.21. The van der Waals surface area contributed by atoms with Crippen LogP contribution < -0.4 is 5.73 Å². The lowest BCUT2D eigenvalue weighted by molar-refractivity contribution is 0.163. The largest absolute Gasteiger partial charge is 0.331 e. The topological polar surface area (TPSA) is 49.6 Å². The van der Waals surface area contributed by atoms with Gasteiger partial charge < -0.3 is 15.5 Å². The quantitative estimate of drug-likeness (QED) is 0.733. The minimum Gasteiger partial charge on any atom is -0.331 e. The van der Waals surface area contributed by atoms with E-state index in [-0.39, 0.29) is 6.03 Å². The molecule has 1 unspecified atom stereocenters. The van der Waals surface area contributed by atoms with Crippen molar-refractivity contribution in [1.82, 2.24) is 9.80 Å². The summed E-state index contributed by atoms with van der Waals surface area (Å²) in [5, 5.41) is 0. The molecular formula is C10H21N3O. The maximum absolute atomic E-state index is 11.7. The van der Waals surface area contributed by atoms with Gasteiger partial charge in [0.1, 0.15) is 0 Å². The third-order valence-corrected chi connectivity index (χ3v) is 2.75. The monoisotopic (exact) mass is 199 g/mol. The number of nitrogens with zero attached hydrogens (tertiary/aromatic N) is 2. The van der Waals surface area contributed by atoms with Crippen LogP contribution in [0.25, 0.3) is 0 Å². The second-order valence-electron chi connectivity index (χ2n) is 4.10. The van der Waals surface area contributed by atoms with Crippen molar-refractivity contribution in [3.8, 4) is 0 Å². The number of rotatable bonds is 3. The fourth-order valence-electron chi connectivity index (χ4n) is 2.00. The zero-order chi connectivity index (χ0) is 10.6. The highest BCUT2D eigenvalue weighted by atomic mass is 16.2. The number of hydrogen-bond acceptors (Lipinski definition) is 2. The van der Waals surface area contributed by atoms with Gasteiger partial charge in [0.15, 0.2) is 0 Å². The highest BCUT2D eigenvalue weighted by Gasteiger charge is 2.28. The molecule has 1 saturated heterocycles. The molecule has 0 aromatic heterocycles. The summed E-state index contributed by atoms with van der Waals surface area (Å²) in [5.41, 5.74) is 5.47. The zero-order valence-corrected chi connectivity index (χ0v) is 9.20. The summed E-state index contributed by atoms with van der Waals surface area (Å²) in [4.78, 5) is 15.4. The fraction of sp³-hybridized carbons (Fsp3) is 0.900. The van der Waals surface area contributed by atoms with Gasteiger partial charge in [0.2, 0.25) is 0 Å². The standard InChI is InChI=1S/C10H21N3O/c1-12(2)10(14)13-8-4-6-9(13)5-3-7-11/h9H,3-8,11H2,1-2H3. The molecule has 0 aliphatic carbocycles. The molecule has 1 aliphatic heterocycles. The molecule has 4 nitrogen and oxygen atoms in total. The van der Waals surface area contributed by atoms with Crippen LogP contribution in [0.1, 0.15) is 25.7 Å². The van der Waals surface area contributed by atoms with Crippen molar-refractivity contribution in [3.63, 3.8) is 0 Å². The van der Waals surface area contributed by atoms with Crippen LogP contribution in [0, 0.1) is 0 Å². The third-order valence-electron chi connectivity index (χ3n) is 2.75. The predicted octanol–water partition coefficient (Wildman–Crippen LogP) is 0.871. The van der Waals surface area contributed by atoms with Gasteiger partial charge in [-0.05, 0) is 32.2 Å². The van der Waals surface area contributed by atoms with E-state index >= 15 is 0 Å². The normalized spacial score (nSPS) is 21.4. The molecule has 0 aromatic rings. The van der Waals surface area contributed by atoms with E-state index in [0.717, 1.165) is 38.8 Å². The molecule has 1 atom stereocenters. The molecule has 0 aromatic carbocycles. The van der Waals surface area contributed by atoms with E-state index in [1.807, 2.05) is 4.90 Å². The first-order valence-corrected chi connectivity index (χ1v) is 5.34.